The second-order valence-corrected chi connectivity index (χ2v) is 8.27. The lowest BCUT2D eigenvalue weighted by atomic mass is 9.51. The summed E-state index contributed by atoms with van der Waals surface area (Å²) in [7, 11) is 0. The Balaban J connectivity index is 0.00000280. The third-order valence-corrected chi connectivity index (χ3v) is 6.62. The van der Waals surface area contributed by atoms with Gasteiger partial charge in [-0.3, -0.25) is 9.79 Å². The van der Waals surface area contributed by atoms with Crippen molar-refractivity contribution in [3.05, 3.63) is 0 Å². The Hall–Kier alpha value is -0.570. The Kier molecular flexibility index (Phi) is 9.80. The molecule has 1 aliphatic heterocycles. The summed E-state index contributed by atoms with van der Waals surface area (Å²) in [6.45, 7) is 8.39. The monoisotopic (exact) mass is 506 g/mol. The van der Waals surface area contributed by atoms with Crippen LogP contribution in [0.1, 0.15) is 71.6 Å². The molecule has 6 nitrogen and oxygen atoms in total. The van der Waals surface area contributed by atoms with E-state index < -0.39 is 0 Å². The average Bonchev–Trinajstić information content (AvgIpc) is 2.80. The molecule has 0 radical (unpaired) electrons. The minimum absolute atomic E-state index is 0. The molecule has 2 atom stereocenters. The van der Waals surface area contributed by atoms with Gasteiger partial charge in [-0.2, -0.15) is 0 Å². The molecular formula is C21H39IN4O2. The molecule has 7 heteroatoms. The van der Waals surface area contributed by atoms with Crippen LogP contribution in [0.2, 0.25) is 0 Å². The van der Waals surface area contributed by atoms with Gasteiger partial charge in [0, 0.05) is 50.7 Å². The topological polar surface area (TPSA) is 66.0 Å². The maximum absolute atomic E-state index is 12.1. The van der Waals surface area contributed by atoms with Crippen LogP contribution in [0.15, 0.2) is 4.99 Å². The van der Waals surface area contributed by atoms with Gasteiger partial charge in [0.15, 0.2) is 5.96 Å². The lowest BCUT2D eigenvalue weighted by molar-refractivity contribution is -0.168. The van der Waals surface area contributed by atoms with E-state index in [1.165, 1.54) is 25.7 Å². The molecule has 2 N–H and O–H groups in total. The van der Waals surface area contributed by atoms with Crippen LogP contribution in [0.5, 0.6) is 0 Å². The van der Waals surface area contributed by atoms with Crippen LogP contribution in [0.4, 0.5) is 0 Å². The highest BCUT2D eigenvalue weighted by Crippen LogP contribution is 2.57. The van der Waals surface area contributed by atoms with Gasteiger partial charge in [-0.25, -0.2) is 0 Å². The quantitative estimate of drug-likeness (QED) is 0.230. The fourth-order valence-corrected chi connectivity index (χ4v) is 4.85. The number of guanidine groups is 1. The standard InChI is InChI=1S/C21H38N4O2.HI/c1-3-22-20(23-13-9-15-25-14-7-5-6-10-19(25)26)24-17-16-18(27-4-2)21(17)11-8-12-21;/h17-18H,3-16H2,1-2H3,(H2,22,23,24);1H. The number of rotatable bonds is 8. The van der Waals surface area contributed by atoms with Crippen molar-refractivity contribution in [2.24, 2.45) is 10.4 Å². The Morgan fingerprint density at radius 1 is 1.25 bits per heavy atom. The predicted octanol–water partition coefficient (Wildman–Crippen LogP) is 3.30. The van der Waals surface area contributed by atoms with Crippen molar-refractivity contribution in [1.82, 2.24) is 15.5 Å². The first-order chi connectivity index (χ1) is 13.2. The second-order valence-electron chi connectivity index (χ2n) is 8.27. The second kappa shape index (κ2) is 11.6. The number of hydrogen-bond acceptors (Lipinski definition) is 3. The fraction of sp³-hybridized carbons (Fsp3) is 0.905. The molecule has 2 unspecified atom stereocenters. The molecule has 3 aliphatic rings. The maximum atomic E-state index is 12.1. The number of carbonyl (C=O) groups excluding carboxylic acids is 1. The summed E-state index contributed by atoms with van der Waals surface area (Å²) in [5.74, 6) is 1.25. The molecule has 0 bridgehead atoms. The van der Waals surface area contributed by atoms with Crippen LogP contribution >= 0.6 is 24.0 Å². The number of nitrogens with zero attached hydrogens (tertiary/aromatic N) is 2. The van der Waals surface area contributed by atoms with Crippen LogP contribution in [-0.4, -0.2) is 61.7 Å². The zero-order valence-corrected chi connectivity index (χ0v) is 20.0. The van der Waals surface area contributed by atoms with Crippen LogP contribution < -0.4 is 10.6 Å². The van der Waals surface area contributed by atoms with E-state index in [0.717, 1.165) is 70.8 Å². The summed E-state index contributed by atoms with van der Waals surface area (Å²) in [5, 5.41) is 7.06. The van der Waals surface area contributed by atoms with Crippen LogP contribution in [-0.2, 0) is 9.53 Å². The molecule has 0 aromatic heterocycles. The molecule has 3 rings (SSSR count). The van der Waals surface area contributed by atoms with Gasteiger partial charge in [0.05, 0.1) is 6.10 Å². The molecule has 2 aliphatic carbocycles. The normalized spacial score (nSPS) is 26.7. The lowest BCUT2D eigenvalue weighted by Gasteiger charge is -2.61. The molecule has 1 spiro atoms. The Morgan fingerprint density at radius 2 is 2.07 bits per heavy atom. The summed E-state index contributed by atoms with van der Waals surface area (Å²) in [6.07, 6.45) is 10.4. The zero-order chi connectivity index (χ0) is 19.1. The highest BCUT2D eigenvalue weighted by atomic mass is 127. The first kappa shape index (κ1) is 23.7. The van der Waals surface area contributed by atoms with Crippen LogP contribution in [0.3, 0.4) is 0 Å². The molecule has 1 amide bonds. The average molecular weight is 506 g/mol. The molecule has 28 heavy (non-hydrogen) atoms. The van der Waals surface area contributed by atoms with E-state index in [9.17, 15) is 4.79 Å². The van der Waals surface area contributed by atoms with Gasteiger partial charge in [0.1, 0.15) is 0 Å². The predicted molar refractivity (Wildman–Crippen MR) is 124 cm³/mol. The van der Waals surface area contributed by atoms with Gasteiger partial charge in [-0.05, 0) is 52.4 Å². The number of nitrogens with one attached hydrogen (secondary N) is 2. The highest BCUT2D eigenvalue weighted by Gasteiger charge is 2.59. The van der Waals surface area contributed by atoms with Gasteiger partial charge < -0.3 is 20.3 Å². The van der Waals surface area contributed by atoms with Crippen molar-refractivity contribution in [1.29, 1.82) is 0 Å². The Bertz CT molecular complexity index is 525. The number of halogens is 1. The van der Waals surface area contributed by atoms with Crippen molar-refractivity contribution in [2.45, 2.75) is 83.8 Å². The minimum atomic E-state index is 0. The van der Waals surface area contributed by atoms with Gasteiger partial charge in [0.25, 0.3) is 0 Å². The number of hydrogen-bond donors (Lipinski definition) is 2. The van der Waals surface area contributed by atoms with E-state index in [4.69, 9.17) is 9.73 Å². The van der Waals surface area contributed by atoms with E-state index in [2.05, 4.69) is 24.5 Å². The first-order valence-electron chi connectivity index (χ1n) is 11.1. The van der Waals surface area contributed by atoms with E-state index in [1.807, 2.05) is 4.90 Å². The van der Waals surface area contributed by atoms with Crippen molar-refractivity contribution in [3.8, 4) is 0 Å². The number of amides is 1. The summed E-state index contributed by atoms with van der Waals surface area (Å²) in [6, 6.07) is 0.479. The Morgan fingerprint density at radius 3 is 2.75 bits per heavy atom. The molecule has 1 heterocycles. The van der Waals surface area contributed by atoms with E-state index >= 15 is 0 Å². The van der Waals surface area contributed by atoms with E-state index in [-0.39, 0.29) is 24.0 Å². The minimum Gasteiger partial charge on any atom is -0.378 e. The molecule has 2 saturated carbocycles. The van der Waals surface area contributed by atoms with Gasteiger partial charge in [-0.1, -0.05) is 12.8 Å². The fourth-order valence-electron chi connectivity index (χ4n) is 4.85. The smallest absolute Gasteiger partial charge is 0.222 e. The molecule has 0 aromatic rings. The SMILES string of the molecule is CCNC(=NCCCN1CCCCCC1=O)NC1CC(OCC)C12CCC2.I. The van der Waals surface area contributed by atoms with Gasteiger partial charge in [-0.15, -0.1) is 24.0 Å². The largest absolute Gasteiger partial charge is 0.378 e. The lowest BCUT2D eigenvalue weighted by Crippen LogP contribution is -2.68. The van der Waals surface area contributed by atoms with Crippen LogP contribution in [0, 0.1) is 5.41 Å². The van der Waals surface area contributed by atoms with Gasteiger partial charge >= 0.3 is 0 Å². The number of carbonyl (C=O) groups is 1. The number of aliphatic imine (C=N–C) groups is 1. The number of ether oxygens (including phenoxy) is 1. The van der Waals surface area contributed by atoms with E-state index in [1.54, 1.807) is 0 Å². The highest BCUT2D eigenvalue weighted by molar-refractivity contribution is 14.0. The summed E-state index contributed by atoms with van der Waals surface area (Å²) < 4.78 is 5.96. The van der Waals surface area contributed by atoms with Crippen molar-refractivity contribution in [2.75, 3.05) is 32.8 Å². The maximum Gasteiger partial charge on any atom is 0.222 e. The zero-order valence-electron chi connectivity index (χ0n) is 17.7. The Labute approximate surface area is 187 Å². The molecule has 162 valence electrons. The molecule has 3 fully saturated rings. The van der Waals surface area contributed by atoms with E-state index in [0.29, 0.717) is 23.5 Å². The molecular weight excluding hydrogens is 467 g/mol. The van der Waals surface area contributed by atoms with Crippen molar-refractivity contribution < 1.29 is 9.53 Å². The molecule has 1 saturated heterocycles. The van der Waals surface area contributed by atoms with Crippen molar-refractivity contribution in [3.63, 3.8) is 0 Å². The third kappa shape index (κ3) is 5.52. The summed E-state index contributed by atoms with van der Waals surface area (Å²) in [5.41, 5.74) is 0.338. The van der Waals surface area contributed by atoms with Crippen LogP contribution in [0.25, 0.3) is 0 Å². The van der Waals surface area contributed by atoms with Gasteiger partial charge in [0.2, 0.25) is 5.91 Å². The summed E-state index contributed by atoms with van der Waals surface area (Å²) in [4.78, 5) is 18.9. The number of likely N-dealkylation sites (tertiary alicyclic amines) is 1. The van der Waals surface area contributed by atoms with Crippen molar-refractivity contribution >= 4 is 35.8 Å². The third-order valence-electron chi connectivity index (χ3n) is 6.62. The molecule has 0 aromatic carbocycles. The first-order valence-corrected chi connectivity index (χ1v) is 11.1. The summed E-state index contributed by atoms with van der Waals surface area (Å²) >= 11 is 0.